The summed E-state index contributed by atoms with van der Waals surface area (Å²) in [6.45, 7) is 1.88. The fourth-order valence-corrected chi connectivity index (χ4v) is 1.55. The number of benzene rings is 1. The summed E-state index contributed by atoms with van der Waals surface area (Å²) >= 11 is 9.31. The normalized spacial score (nSPS) is 10.3. The van der Waals surface area contributed by atoms with Crippen LogP contribution in [0.2, 0.25) is 5.15 Å². The lowest BCUT2D eigenvalue weighted by Gasteiger charge is -2.02. The van der Waals surface area contributed by atoms with E-state index in [1.54, 1.807) is 6.20 Å². The summed E-state index contributed by atoms with van der Waals surface area (Å²) in [7, 11) is 0. The van der Waals surface area contributed by atoms with Crippen molar-refractivity contribution in [3.05, 3.63) is 45.7 Å². The standard InChI is InChI=1S/C11H8BrClN2/c1-7-6-14-11(15-10(7)13)8-2-4-9(12)5-3-8/h2-6H,1H3. The minimum atomic E-state index is 0.503. The van der Waals surface area contributed by atoms with Crippen LogP contribution in [0, 0.1) is 6.92 Å². The van der Waals surface area contributed by atoms with Crippen LogP contribution in [-0.2, 0) is 0 Å². The SMILES string of the molecule is Cc1cnc(-c2ccc(Br)cc2)nc1Cl. The van der Waals surface area contributed by atoms with Crippen LogP contribution in [0.1, 0.15) is 5.56 Å². The number of aromatic nitrogens is 2. The molecule has 0 saturated carbocycles. The molecule has 2 nitrogen and oxygen atoms in total. The summed E-state index contributed by atoms with van der Waals surface area (Å²) in [4.78, 5) is 8.44. The van der Waals surface area contributed by atoms with E-state index in [1.165, 1.54) is 0 Å². The molecule has 76 valence electrons. The van der Waals surface area contributed by atoms with Gasteiger partial charge in [-0.05, 0) is 19.1 Å². The van der Waals surface area contributed by atoms with E-state index in [2.05, 4.69) is 25.9 Å². The second kappa shape index (κ2) is 4.29. The minimum Gasteiger partial charge on any atom is -0.236 e. The molecular formula is C11H8BrClN2. The van der Waals surface area contributed by atoms with E-state index in [0.717, 1.165) is 15.6 Å². The molecule has 0 unspecified atom stereocenters. The molecule has 0 aliphatic carbocycles. The highest BCUT2D eigenvalue weighted by Crippen LogP contribution is 2.20. The first-order valence-corrected chi connectivity index (χ1v) is 5.59. The maximum Gasteiger partial charge on any atom is 0.160 e. The molecular weight excluding hydrogens is 275 g/mol. The lowest BCUT2D eigenvalue weighted by molar-refractivity contribution is 1.14. The highest BCUT2D eigenvalue weighted by atomic mass is 79.9. The topological polar surface area (TPSA) is 25.8 Å². The minimum absolute atomic E-state index is 0.503. The number of rotatable bonds is 1. The number of hydrogen-bond acceptors (Lipinski definition) is 2. The van der Waals surface area contributed by atoms with Crippen LogP contribution in [0.4, 0.5) is 0 Å². The third-order valence-corrected chi connectivity index (χ3v) is 2.92. The third kappa shape index (κ3) is 2.36. The summed E-state index contributed by atoms with van der Waals surface area (Å²) in [6.07, 6.45) is 1.73. The van der Waals surface area contributed by atoms with E-state index in [0.29, 0.717) is 11.0 Å². The summed E-state index contributed by atoms with van der Waals surface area (Å²) in [5.74, 6) is 0.651. The van der Waals surface area contributed by atoms with Gasteiger partial charge in [-0.25, -0.2) is 9.97 Å². The van der Waals surface area contributed by atoms with Crippen molar-refractivity contribution in [1.29, 1.82) is 0 Å². The molecule has 0 saturated heterocycles. The second-order valence-corrected chi connectivity index (χ2v) is 4.45. The zero-order valence-electron chi connectivity index (χ0n) is 8.04. The first kappa shape index (κ1) is 10.6. The number of nitrogens with zero attached hydrogens (tertiary/aromatic N) is 2. The Morgan fingerprint density at radius 1 is 1.20 bits per heavy atom. The van der Waals surface area contributed by atoms with Gasteiger partial charge in [-0.2, -0.15) is 0 Å². The van der Waals surface area contributed by atoms with Gasteiger partial charge in [0.15, 0.2) is 5.82 Å². The maximum absolute atomic E-state index is 5.93. The Kier molecular flexibility index (Phi) is 3.03. The van der Waals surface area contributed by atoms with Crippen molar-refractivity contribution in [2.24, 2.45) is 0 Å². The van der Waals surface area contributed by atoms with Crippen molar-refractivity contribution < 1.29 is 0 Å². The average molecular weight is 284 g/mol. The van der Waals surface area contributed by atoms with Gasteiger partial charge in [0.25, 0.3) is 0 Å². The monoisotopic (exact) mass is 282 g/mol. The lowest BCUT2D eigenvalue weighted by atomic mass is 10.2. The third-order valence-electron chi connectivity index (χ3n) is 2.01. The van der Waals surface area contributed by atoms with E-state index in [-0.39, 0.29) is 0 Å². The Morgan fingerprint density at radius 2 is 1.87 bits per heavy atom. The zero-order chi connectivity index (χ0) is 10.8. The Bertz CT molecular complexity index is 482. The van der Waals surface area contributed by atoms with Gasteiger partial charge in [0.2, 0.25) is 0 Å². The van der Waals surface area contributed by atoms with Gasteiger partial charge < -0.3 is 0 Å². The fraction of sp³-hybridized carbons (Fsp3) is 0.0909. The van der Waals surface area contributed by atoms with E-state index >= 15 is 0 Å². The molecule has 2 rings (SSSR count). The van der Waals surface area contributed by atoms with Gasteiger partial charge >= 0.3 is 0 Å². The lowest BCUT2D eigenvalue weighted by Crippen LogP contribution is -1.91. The second-order valence-electron chi connectivity index (χ2n) is 3.17. The van der Waals surface area contributed by atoms with Crippen molar-refractivity contribution in [3.8, 4) is 11.4 Å². The van der Waals surface area contributed by atoms with Gasteiger partial charge in [-0.1, -0.05) is 39.7 Å². The Morgan fingerprint density at radius 3 is 2.47 bits per heavy atom. The molecule has 1 aromatic carbocycles. The fourth-order valence-electron chi connectivity index (χ4n) is 1.16. The molecule has 4 heteroatoms. The molecule has 15 heavy (non-hydrogen) atoms. The quantitative estimate of drug-likeness (QED) is 0.743. The van der Waals surface area contributed by atoms with Crippen LogP contribution in [0.15, 0.2) is 34.9 Å². The van der Waals surface area contributed by atoms with Gasteiger partial charge in [-0.15, -0.1) is 0 Å². The number of halogens is 2. The predicted octanol–water partition coefficient (Wildman–Crippen LogP) is 3.87. The highest BCUT2D eigenvalue weighted by molar-refractivity contribution is 9.10. The molecule has 1 heterocycles. The number of aryl methyl sites for hydroxylation is 1. The molecule has 0 atom stereocenters. The summed E-state index contributed by atoms with van der Waals surface area (Å²) < 4.78 is 1.03. The van der Waals surface area contributed by atoms with Crippen LogP contribution < -0.4 is 0 Å². The summed E-state index contributed by atoms with van der Waals surface area (Å²) in [5.41, 5.74) is 1.85. The zero-order valence-corrected chi connectivity index (χ0v) is 10.4. The Balaban J connectivity index is 2.45. The molecule has 1 aromatic heterocycles. The molecule has 0 bridgehead atoms. The van der Waals surface area contributed by atoms with Gasteiger partial charge in [0.05, 0.1) is 0 Å². The molecule has 0 spiro atoms. The first-order chi connectivity index (χ1) is 7.16. The van der Waals surface area contributed by atoms with Crippen LogP contribution in [0.5, 0.6) is 0 Å². The van der Waals surface area contributed by atoms with E-state index in [9.17, 15) is 0 Å². The van der Waals surface area contributed by atoms with Gasteiger partial charge in [-0.3, -0.25) is 0 Å². The smallest absolute Gasteiger partial charge is 0.160 e. The largest absolute Gasteiger partial charge is 0.236 e. The van der Waals surface area contributed by atoms with Crippen LogP contribution in [-0.4, -0.2) is 9.97 Å². The molecule has 0 aliphatic rings. The van der Waals surface area contributed by atoms with Crippen LogP contribution >= 0.6 is 27.5 Å². The van der Waals surface area contributed by atoms with Gasteiger partial charge in [0.1, 0.15) is 5.15 Å². The van der Waals surface area contributed by atoms with Crippen LogP contribution in [0.25, 0.3) is 11.4 Å². The molecule has 0 N–H and O–H groups in total. The van der Waals surface area contributed by atoms with Crippen molar-refractivity contribution >= 4 is 27.5 Å². The van der Waals surface area contributed by atoms with Crippen molar-refractivity contribution in [2.45, 2.75) is 6.92 Å². The molecule has 2 aromatic rings. The summed E-state index contributed by atoms with van der Waals surface area (Å²) in [6, 6.07) is 7.80. The highest BCUT2D eigenvalue weighted by Gasteiger charge is 2.03. The molecule has 0 radical (unpaired) electrons. The van der Waals surface area contributed by atoms with E-state index in [4.69, 9.17) is 11.6 Å². The predicted molar refractivity (Wildman–Crippen MR) is 64.9 cm³/mol. The maximum atomic E-state index is 5.93. The summed E-state index contributed by atoms with van der Waals surface area (Å²) in [5, 5.41) is 0.503. The van der Waals surface area contributed by atoms with E-state index in [1.807, 2.05) is 31.2 Å². The molecule has 0 fully saturated rings. The first-order valence-electron chi connectivity index (χ1n) is 4.42. The van der Waals surface area contributed by atoms with Crippen molar-refractivity contribution in [2.75, 3.05) is 0 Å². The Hall–Kier alpha value is -0.930. The Labute approximate surface area is 101 Å². The average Bonchev–Trinajstić information content (AvgIpc) is 2.23. The molecule has 0 amide bonds. The van der Waals surface area contributed by atoms with Crippen molar-refractivity contribution in [1.82, 2.24) is 9.97 Å². The molecule has 0 aliphatic heterocycles. The number of hydrogen-bond donors (Lipinski definition) is 0. The van der Waals surface area contributed by atoms with Crippen molar-refractivity contribution in [3.63, 3.8) is 0 Å². The van der Waals surface area contributed by atoms with E-state index < -0.39 is 0 Å². The van der Waals surface area contributed by atoms with Crippen LogP contribution in [0.3, 0.4) is 0 Å². The van der Waals surface area contributed by atoms with Gasteiger partial charge in [0, 0.05) is 21.8 Å².